The van der Waals surface area contributed by atoms with Crippen molar-refractivity contribution in [2.45, 2.75) is 33.1 Å². The maximum Gasteiger partial charge on any atom is 0.253 e. The Hall–Kier alpha value is -2.46. The van der Waals surface area contributed by atoms with Crippen LogP contribution >= 0.6 is 0 Å². The fourth-order valence-corrected chi connectivity index (χ4v) is 3.81. The predicted octanol–water partition coefficient (Wildman–Crippen LogP) is 5.05. The maximum absolute atomic E-state index is 13.7. The van der Waals surface area contributed by atoms with Crippen molar-refractivity contribution in [2.24, 2.45) is 0 Å². The summed E-state index contributed by atoms with van der Waals surface area (Å²) >= 11 is 0. The average Bonchev–Trinajstić information content (AvgIpc) is 2.95. The number of hydrogen-bond acceptors (Lipinski definition) is 2. The highest BCUT2D eigenvalue weighted by Gasteiger charge is 2.18. The van der Waals surface area contributed by atoms with Gasteiger partial charge in [0.1, 0.15) is 5.83 Å². The van der Waals surface area contributed by atoms with Crippen LogP contribution in [-0.2, 0) is 0 Å². The van der Waals surface area contributed by atoms with Gasteiger partial charge >= 0.3 is 0 Å². The number of carbonyl (C=O) groups is 1. The molecule has 0 atom stereocenters. The molecule has 28 heavy (non-hydrogen) atoms. The van der Waals surface area contributed by atoms with E-state index in [1.165, 1.54) is 17.2 Å². The number of nitrogens with one attached hydrogen (secondary N) is 1. The fraction of sp³-hybridized carbons (Fsp3) is 0.375. The Kier molecular flexibility index (Phi) is 6.99. The molecule has 2 aliphatic rings. The Bertz CT molecular complexity index is 819. The van der Waals surface area contributed by atoms with Gasteiger partial charge in [0.05, 0.1) is 0 Å². The molecule has 3 rings (SSSR count). The third-order valence-electron chi connectivity index (χ3n) is 5.39. The van der Waals surface area contributed by atoms with Gasteiger partial charge in [-0.2, -0.15) is 0 Å². The van der Waals surface area contributed by atoms with Crippen LogP contribution < -0.4 is 5.32 Å². The van der Waals surface area contributed by atoms with Gasteiger partial charge in [-0.3, -0.25) is 4.79 Å². The van der Waals surface area contributed by atoms with Crippen LogP contribution in [-0.4, -0.2) is 37.0 Å². The molecule has 0 radical (unpaired) electrons. The molecule has 148 valence electrons. The number of benzene rings is 1. The highest BCUT2D eigenvalue weighted by molar-refractivity contribution is 5.95. The van der Waals surface area contributed by atoms with Gasteiger partial charge in [0.15, 0.2) is 0 Å². The van der Waals surface area contributed by atoms with Crippen molar-refractivity contribution in [3.63, 3.8) is 0 Å². The molecular weight excluding hydrogens is 351 g/mol. The molecule has 1 aliphatic carbocycles. The van der Waals surface area contributed by atoms with E-state index >= 15 is 0 Å². The lowest BCUT2D eigenvalue weighted by atomic mass is 9.87. The predicted molar refractivity (Wildman–Crippen MR) is 114 cm³/mol. The van der Waals surface area contributed by atoms with E-state index in [0.717, 1.165) is 37.1 Å². The smallest absolute Gasteiger partial charge is 0.253 e. The van der Waals surface area contributed by atoms with Crippen molar-refractivity contribution in [1.29, 1.82) is 0 Å². The molecule has 1 aromatic carbocycles. The van der Waals surface area contributed by atoms with E-state index in [9.17, 15) is 9.18 Å². The molecule has 1 aromatic rings. The zero-order valence-corrected chi connectivity index (χ0v) is 16.8. The highest BCUT2D eigenvalue weighted by atomic mass is 19.1. The summed E-state index contributed by atoms with van der Waals surface area (Å²) in [6.45, 7) is 7.31. The number of amides is 1. The Morgan fingerprint density at radius 2 is 1.71 bits per heavy atom. The minimum atomic E-state index is -0.124. The molecular formula is C24H29FN2O. The van der Waals surface area contributed by atoms with Crippen molar-refractivity contribution >= 4 is 11.5 Å². The molecule has 1 amide bonds. The number of piperidine rings is 1. The number of halogens is 1. The van der Waals surface area contributed by atoms with E-state index in [0.29, 0.717) is 25.1 Å². The molecule has 1 fully saturated rings. The monoisotopic (exact) mass is 380 g/mol. The van der Waals surface area contributed by atoms with Gasteiger partial charge in [-0.25, -0.2) is 4.39 Å². The largest absolute Gasteiger partial charge is 0.339 e. The van der Waals surface area contributed by atoms with Crippen LogP contribution in [0.3, 0.4) is 0 Å². The molecule has 1 heterocycles. The Balaban J connectivity index is 1.96. The minimum absolute atomic E-state index is 0.0625. The summed E-state index contributed by atoms with van der Waals surface area (Å²) in [5, 5.41) is 3.40. The van der Waals surface area contributed by atoms with Crippen molar-refractivity contribution < 1.29 is 9.18 Å². The van der Waals surface area contributed by atoms with E-state index in [1.54, 1.807) is 6.08 Å². The first-order chi connectivity index (χ1) is 13.6. The molecule has 3 nitrogen and oxygen atoms in total. The first-order valence-corrected chi connectivity index (χ1v) is 10.2. The summed E-state index contributed by atoms with van der Waals surface area (Å²) in [7, 11) is 0. The van der Waals surface area contributed by atoms with E-state index in [4.69, 9.17) is 0 Å². The SMILES string of the molecule is CCN(CC)C(=O)c1ccc(C(C2=CCC(F)=CC=C2)=C2CCNCC2)cc1. The Morgan fingerprint density at radius 3 is 2.36 bits per heavy atom. The van der Waals surface area contributed by atoms with Gasteiger partial charge in [-0.15, -0.1) is 0 Å². The van der Waals surface area contributed by atoms with Gasteiger partial charge in [0.2, 0.25) is 0 Å². The highest BCUT2D eigenvalue weighted by Crippen LogP contribution is 2.33. The summed E-state index contributed by atoms with van der Waals surface area (Å²) in [6.07, 6.45) is 9.55. The topological polar surface area (TPSA) is 32.3 Å². The maximum atomic E-state index is 13.7. The van der Waals surface area contributed by atoms with E-state index in [2.05, 4.69) is 5.32 Å². The summed E-state index contributed by atoms with van der Waals surface area (Å²) in [5.74, 6) is -0.0615. The van der Waals surface area contributed by atoms with Crippen LogP contribution in [0.2, 0.25) is 0 Å². The second-order valence-electron chi connectivity index (χ2n) is 7.12. The Morgan fingerprint density at radius 1 is 1.07 bits per heavy atom. The van der Waals surface area contributed by atoms with Crippen LogP contribution in [0, 0.1) is 0 Å². The first-order valence-electron chi connectivity index (χ1n) is 10.2. The van der Waals surface area contributed by atoms with Crippen LogP contribution in [0.5, 0.6) is 0 Å². The lowest BCUT2D eigenvalue weighted by Gasteiger charge is -2.22. The molecule has 0 aromatic heterocycles. The van der Waals surface area contributed by atoms with Gasteiger partial charge in [0.25, 0.3) is 5.91 Å². The van der Waals surface area contributed by atoms with Crippen molar-refractivity contribution in [3.8, 4) is 0 Å². The summed E-state index contributed by atoms with van der Waals surface area (Å²) in [4.78, 5) is 14.4. The number of rotatable bonds is 5. The molecule has 0 bridgehead atoms. The number of carbonyl (C=O) groups excluding carboxylic acids is 1. The van der Waals surface area contributed by atoms with Crippen molar-refractivity contribution in [2.75, 3.05) is 26.2 Å². The third kappa shape index (κ3) is 4.68. The van der Waals surface area contributed by atoms with Gasteiger partial charge < -0.3 is 10.2 Å². The second-order valence-corrected chi connectivity index (χ2v) is 7.12. The molecule has 0 saturated carbocycles. The molecule has 1 N–H and O–H groups in total. The fourth-order valence-electron chi connectivity index (χ4n) is 3.81. The Labute approximate surface area is 167 Å². The van der Waals surface area contributed by atoms with Gasteiger partial charge in [-0.05, 0) is 74.7 Å². The number of allylic oxidation sites excluding steroid dienone is 7. The van der Waals surface area contributed by atoms with Crippen LogP contribution in [0.25, 0.3) is 5.57 Å². The third-order valence-corrected chi connectivity index (χ3v) is 5.39. The summed E-state index contributed by atoms with van der Waals surface area (Å²) < 4.78 is 13.7. The molecule has 0 spiro atoms. The number of nitrogens with zero attached hydrogens (tertiary/aromatic N) is 1. The quantitative estimate of drug-likeness (QED) is 0.776. The summed E-state index contributed by atoms with van der Waals surface area (Å²) in [6, 6.07) is 7.89. The van der Waals surface area contributed by atoms with E-state index in [1.807, 2.05) is 55.2 Å². The van der Waals surface area contributed by atoms with Crippen LogP contribution in [0.1, 0.15) is 49.0 Å². The standard InChI is InChI=1S/C24H29FN2O/c1-3-27(4-2)24(28)21-10-8-19(9-11-21)23(20-14-16-26-17-15-20)18-6-5-7-22(25)13-12-18/h5-12,26H,3-4,13-17H2,1-2H3. The van der Waals surface area contributed by atoms with Gasteiger partial charge in [-0.1, -0.05) is 35.9 Å². The lowest BCUT2D eigenvalue weighted by Crippen LogP contribution is -2.30. The summed E-state index contributed by atoms with van der Waals surface area (Å²) in [5.41, 5.74) is 5.43. The lowest BCUT2D eigenvalue weighted by molar-refractivity contribution is 0.0773. The normalized spacial score (nSPS) is 16.9. The molecule has 1 aliphatic heterocycles. The van der Waals surface area contributed by atoms with Gasteiger partial charge in [0, 0.05) is 25.1 Å². The van der Waals surface area contributed by atoms with E-state index in [-0.39, 0.29) is 11.7 Å². The van der Waals surface area contributed by atoms with Crippen LogP contribution in [0.4, 0.5) is 4.39 Å². The molecule has 0 unspecified atom stereocenters. The molecule has 1 saturated heterocycles. The van der Waals surface area contributed by atoms with Crippen molar-refractivity contribution in [1.82, 2.24) is 10.2 Å². The zero-order chi connectivity index (χ0) is 19.9. The second kappa shape index (κ2) is 9.65. The van der Waals surface area contributed by atoms with E-state index < -0.39 is 0 Å². The first kappa shape index (κ1) is 20.3. The number of hydrogen-bond donors (Lipinski definition) is 1. The van der Waals surface area contributed by atoms with Crippen molar-refractivity contribution in [3.05, 3.63) is 76.7 Å². The average molecular weight is 381 g/mol. The van der Waals surface area contributed by atoms with Crippen LogP contribution in [0.15, 0.2) is 65.5 Å². The molecule has 4 heteroatoms. The zero-order valence-electron chi connectivity index (χ0n) is 16.8. The minimum Gasteiger partial charge on any atom is -0.339 e.